The number of rotatable bonds is 3. The molecule has 150 valence electrons. The Kier molecular flexibility index (Phi) is 5.14. The first kappa shape index (κ1) is 19.3. The Morgan fingerprint density at radius 2 is 1.96 bits per heavy atom. The Morgan fingerprint density at radius 3 is 2.68 bits per heavy atom. The maximum atomic E-state index is 13.6. The van der Waals surface area contributed by atoms with Gasteiger partial charge in [0.1, 0.15) is 17.5 Å². The summed E-state index contributed by atoms with van der Waals surface area (Å²) < 4.78 is 15.9. The molecule has 8 heteroatoms. The van der Waals surface area contributed by atoms with Crippen molar-refractivity contribution in [2.75, 3.05) is 19.6 Å². The predicted molar refractivity (Wildman–Crippen MR) is 105 cm³/mol. The van der Waals surface area contributed by atoms with E-state index in [9.17, 15) is 9.18 Å². The second-order valence-corrected chi connectivity index (χ2v) is 7.96. The number of carbonyl (C=O) groups excluding carboxylic acids is 1. The largest absolute Gasteiger partial charge is 0.342 e. The van der Waals surface area contributed by atoms with E-state index in [1.165, 1.54) is 12.1 Å². The van der Waals surface area contributed by atoms with E-state index in [0.29, 0.717) is 5.92 Å². The van der Waals surface area contributed by atoms with Crippen LogP contribution in [-0.2, 0) is 23.3 Å². The van der Waals surface area contributed by atoms with Crippen LogP contribution in [0.2, 0.25) is 0 Å². The van der Waals surface area contributed by atoms with Crippen LogP contribution in [0.4, 0.5) is 4.39 Å². The molecule has 0 bridgehead atoms. The molecule has 0 spiro atoms. The zero-order valence-electron chi connectivity index (χ0n) is 15.7. The van der Waals surface area contributed by atoms with Crippen LogP contribution in [0.3, 0.4) is 0 Å². The van der Waals surface area contributed by atoms with Crippen molar-refractivity contribution in [2.45, 2.75) is 50.1 Å². The van der Waals surface area contributed by atoms with Crippen molar-refractivity contribution < 1.29 is 9.18 Å². The number of likely N-dealkylation sites (tertiary alicyclic amines) is 1. The van der Waals surface area contributed by atoms with Gasteiger partial charge in [0.15, 0.2) is 0 Å². The number of benzene rings is 1. The summed E-state index contributed by atoms with van der Waals surface area (Å²) in [5, 5.41) is 12.1. The van der Waals surface area contributed by atoms with Crippen molar-refractivity contribution in [3.63, 3.8) is 0 Å². The molecule has 2 aromatic rings. The molecule has 1 saturated heterocycles. The first-order chi connectivity index (χ1) is 13.2. The summed E-state index contributed by atoms with van der Waals surface area (Å²) in [6.45, 7) is 4.12. The standard InChI is InChI=1S/C20H24FN5O.ClH/c21-16-3-1-2-15(12-16)20(6-7-20)19(27)25-9-4-14(5-10-25)18-24-23-17-13-22-8-11-26(17)18;/h1-3,12,14,22H,4-11,13H2;1H. The molecule has 1 amide bonds. The maximum absolute atomic E-state index is 13.6. The molecule has 3 aliphatic rings. The van der Waals surface area contributed by atoms with Crippen LogP contribution >= 0.6 is 12.4 Å². The fourth-order valence-electron chi connectivity index (χ4n) is 4.60. The molecule has 6 nitrogen and oxygen atoms in total. The normalized spacial score (nSPS) is 21.0. The zero-order valence-corrected chi connectivity index (χ0v) is 16.6. The lowest BCUT2D eigenvalue weighted by atomic mass is 9.91. The fourth-order valence-corrected chi connectivity index (χ4v) is 4.60. The van der Waals surface area contributed by atoms with Crippen LogP contribution in [-0.4, -0.2) is 45.2 Å². The lowest BCUT2D eigenvalue weighted by molar-refractivity contribution is -0.135. The number of aromatic nitrogens is 3. The van der Waals surface area contributed by atoms with Gasteiger partial charge in [0, 0.05) is 32.1 Å². The highest BCUT2D eigenvalue weighted by Crippen LogP contribution is 2.50. The molecule has 1 aliphatic carbocycles. The highest BCUT2D eigenvalue weighted by Gasteiger charge is 2.53. The summed E-state index contributed by atoms with van der Waals surface area (Å²) in [6, 6.07) is 6.54. The topological polar surface area (TPSA) is 63.1 Å². The van der Waals surface area contributed by atoms with E-state index in [1.54, 1.807) is 6.07 Å². The maximum Gasteiger partial charge on any atom is 0.233 e. The highest BCUT2D eigenvalue weighted by molar-refractivity contribution is 5.91. The van der Waals surface area contributed by atoms with Gasteiger partial charge in [0.2, 0.25) is 5.91 Å². The third kappa shape index (κ3) is 3.20. The SMILES string of the molecule is Cl.O=C(N1CCC(c2nnc3n2CCNC3)CC1)C1(c2cccc(F)c2)CC1. The van der Waals surface area contributed by atoms with E-state index >= 15 is 0 Å². The Bertz CT molecular complexity index is 873. The van der Waals surface area contributed by atoms with Crippen LogP contribution in [0.25, 0.3) is 0 Å². The van der Waals surface area contributed by atoms with Gasteiger partial charge in [-0.3, -0.25) is 4.79 Å². The monoisotopic (exact) mass is 405 g/mol. The summed E-state index contributed by atoms with van der Waals surface area (Å²) in [6.07, 6.45) is 3.47. The molecule has 3 heterocycles. The van der Waals surface area contributed by atoms with Gasteiger partial charge in [-0.25, -0.2) is 4.39 Å². The Labute approximate surface area is 169 Å². The van der Waals surface area contributed by atoms with Crippen LogP contribution in [0, 0.1) is 5.82 Å². The Balaban J connectivity index is 0.00000192. The van der Waals surface area contributed by atoms with Crippen molar-refractivity contribution >= 4 is 18.3 Å². The van der Waals surface area contributed by atoms with E-state index in [0.717, 1.165) is 75.6 Å². The lowest BCUT2D eigenvalue weighted by Crippen LogP contribution is -2.44. The van der Waals surface area contributed by atoms with Gasteiger partial charge in [0.05, 0.1) is 12.0 Å². The minimum absolute atomic E-state index is 0. The van der Waals surface area contributed by atoms with E-state index in [-0.39, 0.29) is 24.1 Å². The van der Waals surface area contributed by atoms with Crippen LogP contribution in [0.5, 0.6) is 0 Å². The van der Waals surface area contributed by atoms with E-state index in [4.69, 9.17) is 0 Å². The average molecular weight is 406 g/mol. The van der Waals surface area contributed by atoms with Crippen LogP contribution < -0.4 is 5.32 Å². The molecule has 1 N–H and O–H groups in total. The van der Waals surface area contributed by atoms with Crippen LogP contribution in [0.15, 0.2) is 24.3 Å². The molecule has 2 fully saturated rings. The second-order valence-electron chi connectivity index (χ2n) is 7.96. The number of nitrogens with zero attached hydrogens (tertiary/aromatic N) is 4. The third-order valence-corrected chi connectivity index (χ3v) is 6.34. The molecular weight excluding hydrogens is 381 g/mol. The van der Waals surface area contributed by atoms with Gasteiger partial charge in [-0.2, -0.15) is 0 Å². The first-order valence-corrected chi connectivity index (χ1v) is 9.85. The first-order valence-electron chi connectivity index (χ1n) is 9.85. The number of amides is 1. The summed E-state index contributed by atoms with van der Waals surface area (Å²) in [7, 11) is 0. The average Bonchev–Trinajstić information content (AvgIpc) is 3.41. The smallest absolute Gasteiger partial charge is 0.233 e. The Morgan fingerprint density at radius 1 is 1.18 bits per heavy atom. The third-order valence-electron chi connectivity index (χ3n) is 6.34. The van der Waals surface area contributed by atoms with Gasteiger partial charge >= 0.3 is 0 Å². The van der Waals surface area contributed by atoms with Gasteiger partial charge < -0.3 is 14.8 Å². The number of hydrogen-bond acceptors (Lipinski definition) is 4. The molecule has 1 aromatic heterocycles. The van der Waals surface area contributed by atoms with Crippen molar-refractivity contribution in [3.05, 3.63) is 47.3 Å². The van der Waals surface area contributed by atoms with Gasteiger partial charge in [-0.15, -0.1) is 22.6 Å². The summed E-state index contributed by atoms with van der Waals surface area (Å²) in [4.78, 5) is 15.2. The number of nitrogens with one attached hydrogen (secondary N) is 1. The van der Waals surface area contributed by atoms with Crippen molar-refractivity contribution in [3.8, 4) is 0 Å². The molecular formula is C20H25ClFN5O. The number of piperidine rings is 1. The van der Waals surface area contributed by atoms with Gasteiger partial charge in [-0.1, -0.05) is 12.1 Å². The lowest BCUT2D eigenvalue weighted by Gasteiger charge is -2.34. The molecule has 5 rings (SSSR count). The summed E-state index contributed by atoms with van der Waals surface area (Å²) in [5.74, 6) is 2.34. The fraction of sp³-hybridized carbons (Fsp3) is 0.550. The molecule has 0 atom stereocenters. The highest BCUT2D eigenvalue weighted by atomic mass is 35.5. The minimum atomic E-state index is -0.491. The minimum Gasteiger partial charge on any atom is -0.342 e. The van der Waals surface area contributed by atoms with E-state index in [1.807, 2.05) is 11.0 Å². The number of fused-ring (bicyclic) bond motifs is 1. The molecule has 1 saturated carbocycles. The number of carbonyl (C=O) groups is 1. The molecule has 0 unspecified atom stereocenters. The van der Waals surface area contributed by atoms with E-state index < -0.39 is 5.41 Å². The summed E-state index contributed by atoms with van der Waals surface area (Å²) in [5.41, 5.74) is 0.336. The van der Waals surface area contributed by atoms with Gasteiger partial charge in [-0.05, 0) is 43.4 Å². The van der Waals surface area contributed by atoms with Crippen molar-refractivity contribution in [1.82, 2.24) is 25.0 Å². The quantitative estimate of drug-likeness (QED) is 0.851. The van der Waals surface area contributed by atoms with E-state index in [2.05, 4.69) is 20.1 Å². The second kappa shape index (κ2) is 7.44. The van der Waals surface area contributed by atoms with Crippen molar-refractivity contribution in [2.24, 2.45) is 0 Å². The molecule has 28 heavy (non-hydrogen) atoms. The summed E-state index contributed by atoms with van der Waals surface area (Å²) >= 11 is 0. The predicted octanol–water partition coefficient (Wildman–Crippen LogP) is 2.38. The zero-order chi connectivity index (χ0) is 18.4. The number of halogens is 2. The molecule has 2 aliphatic heterocycles. The van der Waals surface area contributed by atoms with Gasteiger partial charge in [0.25, 0.3) is 0 Å². The van der Waals surface area contributed by atoms with Crippen LogP contribution in [0.1, 0.15) is 48.8 Å². The molecule has 1 aromatic carbocycles. The number of hydrogen-bond donors (Lipinski definition) is 1. The Hall–Kier alpha value is -1.99. The van der Waals surface area contributed by atoms with Crippen molar-refractivity contribution in [1.29, 1.82) is 0 Å². The molecule has 0 radical (unpaired) electrons.